The minimum atomic E-state index is 0.449. The van der Waals surface area contributed by atoms with Crippen molar-refractivity contribution in [2.75, 3.05) is 19.6 Å². The average Bonchev–Trinajstić information content (AvgIpc) is 2.97. The Kier molecular flexibility index (Phi) is 5.44. The maximum absolute atomic E-state index is 6.06. The minimum absolute atomic E-state index is 0.449. The molecule has 3 N–H and O–H groups in total. The van der Waals surface area contributed by atoms with Gasteiger partial charge < -0.3 is 11.1 Å². The molecule has 2 aliphatic rings. The monoisotopic (exact) mass is 334 g/mol. The first-order valence-corrected chi connectivity index (χ1v) is 9.09. The molecule has 2 fully saturated rings. The molecular weight excluding hydrogens is 308 g/mol. The van der Waals surface area contributed by atoms with E-state index in [0.29, 0.717) is 24.0 Å². The Hall–Kier alpha value is -1.26. The van der Waals surface area contributed by atoms with Crippen LogP contribution in [0.25, 0.3) is 0 Å². The summed E-state index contributed by atoms with van der Waals surface area (Å²) in [4.78, 5) is 7.06. The van der Waals surface area contributed by atoms with Crippen LogP contribution in [0, 0.1) is 0 Å². The molecule has 126 valence electrons. The predicted octanol–water partition coefficient (Wildman–Crippen LogP) is 2.97. The fraction of sp³-hybridized carbons (Fsp3) is 0.611. The summed E-state index contributed by atoms with van der Waals surface area (Å²) in [5.74, 6) is 1.22. The first-order valence-electron chi connectivity index (χ1n) is 8.71. The zero-order valence-electron chi connectivity index (χ0n) is 13.8. The van der Waals surface area contributed by atoms with Crippen LogP contribution >= 0.6 is 11.6 Å². The molecule has 1 saturated heterocycles. The van der Waals surface area contributed by atoms with Crippen molar-refractivity contribution in [3.63, 3.8) is 0 Å². The number of halogens is 1. The summed E-state index contributed by atoms with van der Waals surface area (Å²) in [6.07, 6.45) is 4.75. The second kappa shape index (κ2) is 7.54. The van der Waals surface area contributed by atoms with Gasteiger partial charge in [0.15, 0.2) is 5.96 Å². The van der Waals surface area contributed by atoms with Crippen LogP contribution in [0.2, 0.25) is 5.02 Å². The van der Waals surface area contributed by atoms with Crippen LogP contribution in [0.5, 0.6) is 0 Å². The Bertz CT molecular complexity index is 536. The molecule has 0 amide bonds. The van der Waals surface area contributed by atoms with E-state index in [1.165, 1.54) is 24.9 Å². The van der Waals surface area contributed by atoms with E-state index in [-0.39, 0.29) is 0 Å². The fourth-order valence-corrected chi connectivity index (χ4v) is 3.85. The number of benzene rings is 1. The lowest BCUT2D eigenvalue weighted by molar-refractivity contribution is 0.272. The molecule has 1 aromatic carbocycles. The quantitative estimate of drug-likeness (QED) is 0.643. The molecule has 1 aromatic rings. The van der Waals surface area contributed by atoms with Gasteiger partial charge in [0, 0.05) is 17.1 Å². The molecular formula is C18H27ClN4. The highest BCUT2D eigenvalue weighted by atomic mass is 35.5. The van der Waals surface area contributed by atoms with Crippen molar-refractivity contribution >= 4 is 17.6 Å². The van der Waals surface area contributed by atoms with E-state index in [1.54, 1.807) is 0 Å². The van der Waals surface area contributed by atoms with Gasteiger partial charge in [0.25, 0.3) is 0 Å². The average molecular weight is 335 g/mol. The van der Waals surface area contributed by atoms with E-state index in [4.69, 9.17) is 17.3 Å². The van der Waals surface area contributed by atoms with Gasteiger partial charge in [-0.05, 0) is 62.4 Å². The van der Waals surface area contributed by atoms with Crippen molar-refractivity contribution in [3.05, 3.63) is 34.9 Å². The van der Waals surface area contributed by atoms with E-state index in [9.17, 15) is 0 Å². The second-order valence-corrected chi connectivity index (χ2v) is 7.15. The van der Waals surface area contributed by atoms with Gasteiger partial charge in [-0.1, -0.05) is 30.7 Å². The van der Waals surface area contributed by atoms with Crippen molar-refractivity contribution in [1.29, 1.82) is 0 Å². The molecule has 5 heteroatoms. The number of rotatable bonds is 5. The molecule has 0 spiro atoms. The lowest BCUT2D eigenvalue weighted by Crippen LogP contribution is -2.47. The summed E-state index contributed by atoms with van der Waals surface area (Å²) in [5, 5.41) is 4.17. The lowest BCUT2D eigenvalue weighted by atomic mass is 9.76. The number of likely N-dealkylation sites (N-methyl/N-ethyl adjacent to an activating group) is 1. The summed E-state index contributed by atoms with van der Waals surface area (Å²) < 4.78 is 0. The highest BCUT2D eigenvalue weighted by Crippen LogP contribution is 2.37. The van der Waals surface area contributed by atoms with E-state index < -0.39 is 0 Å². The van der Waals surface area contributed by atoms with Gasteiger partial charge in [-0.15, -0.1) is 0 Å². The van der Waals surface area contributed by atoms with Gasteiger partial charge >= 0.3 is 0 Å². The minimum Gasteiger partial charge on any atom is -0.370 e. The molecule has 1 saturated carbocycles. The molecule has 0 bridgehead atoms. The topological polar surface area (TPSA) is 53.6 Å². The zero-order valence-corrected chi connectivity index (χ0v) is 14.6. The van der Waals surface area contributed by atoms with Crippen LogP contribution in [0.15, 0.2) is 29.3 Å². The third kappa shape index (κ3) is 4.18. The van der Waals surface area contributed by atoms with Gasteiger partial charge in [0.2, 0.25) is 0 Å². The van der Waals surface area contributed by atoms with Gasteiger partial charge in [-0.2, -0.15) is 0 Å². The fourth-order valence-electron chi connectivity index (χ4n) is 3.72. The second-order valence-electron chi connectivity index (χ2n) is 6.71. The molecule has 1 aliphatic carbocycles. The summed E-state index contributed by atoms with van der Waals surface area (Å²) in [5.41, 5.74) is 7.42. The molecule has 3 rings (SSSR count). The summed E-state index contributed by atoms with van der Waals surface area (Å²) in [6.45, 7) is 5.35. The number of nitrogens with one attached hydrogen (secondary N) is 1. The zero-order chi connectivity index (χ0) is 16.2. The summed E-state index contributed by atoms with van der Waals surface area (Å²) >= 11 is 5.94. The maximum atomic E-state index is 6.06. The maximum Gasteiger partial charge on any atom is 0.188 e. The Balaban J connectivity index is 1.42. The third-order valence-electron chi connectivity index (χ3n) is 5.21. The number of hydrogen-bond donors (Lipinski definition) is 2. The van der Waals surface area contributed by atoms with Crippen LogP contribution < -0.4 is 11.1 Å². The van der Waals surface area contributed by atoms with E-state index >= 15 is 0 Å². The molecule has 0 radical (unpaired) electrons. The highest BCUT2D eigenvalue weighted by molar-refractivity contribution is 6.30. The Morgan fingerprint density at radius 3 is 2.78 bits per heavy atom. The third-order valence-corrected chi connectivity index (χ3v) is 5.46. The Morgan fingerprint density at radius 1 is 1.35 bits per heavy atom. The summed E-state index contributed by atoms with van der Waals surface area (Å²) in [6, 6.07) is 9.21. The summed E-state index contributed by atoms with van der Waals surface area (Å²) in [7, 11) is 0. The Labute approximate surface area is 144 Å². The Morgan fingerprint density at radius 2 is 2.09 bits per heavy atom. The van der Waals surface area contributed by atoms with Crippen LogP contribution in [0.1, 0.15) is 44.1 Å². The van der Waals surface area contributed by atoms with Crippen molar-refractivity contribution < 1.29 is 0 Å². The van der Waals surface area contributed by atoms with Gasteiger partial charge in [0.05, 0.1) is 6.54 Å². The van der Waals surface area contributed by atoms with Crippen LogP contribution in [0.4, 0.5) is 0 Å². The predicted molar refractivity (Wildman–Crippen MR) is 97.1 cm³/mol. The standard InChI is InChI=1S/C18H27ClN4/c1-2-23-9-3-4-17(23)12-21-18(20)22-16-10-14(11-16)13-5-7-15(19)8-6-13/h5-8,14,16-17H,2-4,9-12H2,1H3,(H3,20,21,22). The lowest BCUT2D eigenvalue weighted by Gasteiger charge is -2.36. The SMILES string of the molecule is CCN1CCCC1CN=C(N)NC1CC(c2ccc(Cl)cc2)C1. The first-order chi connectivity index (χ1) is 11.2. The number of nitrogens with zero attached hydrogens (tertiary/aromatic N) is 2. The van der Waals surface area contributed by atoms with Gasteiger partial charge in [-0.3, -0.25) is 9.89 Å². The van der Waals surface area contributed by atoms with Crippen LogP contribution in [0.3, 0.4) is 0 Å². The van der Waals surface area contributed by atoms with E-state index in [1.807, 2.05) is 12.1 Å². The van der Waals surface area contributed by atoms with Crippen molar-refractivity contribution in [2.24, 2.45) is 10.7 Å². The van der Waals surface area contributed by atoms with Gasteiger partial charge in [0.1, 0.15) is 0 Å². The molecule has 0 aromatic heterocycles. The number of likely N-dealkylation sites (tertiary alicyclic amines) is 1. The largest absolute Gasteiger partial charge is 0.370 e. The molecule has 1 atom stereocenters. The molecule has 1 unspecified atom stereocenters. The van der Waals surface area contributed by atoms with E-state index in [2.05, 4.69) is 34.3 Å². The normalized spacial score (nSPS) is 28.6. The van der Waals surface area contributed by atoms with E-state index in [0.717, 1.165) is 31.0 Å². The molecule has 1 heterocycles. The molecule has 4 nitrogen and oxygen atoms in total. The molecule has 1 aliphatic heterocycles. The van der Waals surface area contributed by atoms with Crippen molar-refractivity contribution in [3.8, 4) is 0 Å². The number of aliphatic imine (C=N–C) groups is 1. The number of hydrogen-bond acceptors (Lipinski definition) is 2. The number of nitrogens with two attached hydrogens (primary N) is 1. The van der Waals surface area contributed by atoms with Crippen molar-refractivity contribution in [2.45, 2.75) is 50.6 Å². The van der Waals surface area contributed by atoms with Crippen LogP contribution in [-0.2, 0) is 0 Å². The highest BCUT2D eigenvalue weighted by Gasteiger charge is 2.30. The smallest absolute Gasteiger partial charge is 0.188 e. The molecule has 23 heavy (non-hydrogen) atoms. The van der Waals surface area contributed by atoms with Crippen molar-refractivity contribution in [1.82, 2.24) is 10.2 Å². The first kappa shape index (κ1) is 16.6. The van der Waals surface area contributed by atoms with Gasteiger partial charge in [-0.25, -0.2) is 0 Å². The van der Waals surface area contributed by atoms with Crippen LogP contribution in [-0.4, -0.2) is 42.6 Å². The number of guanidine groups is 1.